The first-order valence-corrected chi connectivity index (χ1v) is 10.1. The fourth-order valence-corrected chi connectivity index (χ4v) is 4.39. The second-order valence-corrected chi connectivity index (χ2v) is 8.03. The summed E-state index contributed by atoms with van der Waals surface area (Å²) in [5, 5.41) is 3.01. The number of nitrogens with one attached hydrogen (secondary N) is 1. The lowest BCUT2D eigenvalue weighted by Crippen LogP contribution is -2.50. The lowest BCUT2D eigenvalue weighted by atomic mass is 9.78. The van der Waals surface area contributed by atoms with Crippen molar-refractivity contribution in [3.8, 4) is 5.75 Å². The molecule has 0 aromatic heterocycles. The largest absolute Gasteiger partial charge is 0.485 e. The molecule has 1 aromatic rings. The van der Waals surface area contributed by atoms with Gasteiger partial charge in [-0.25, -0.2) is 0 Å². The Balaban J connectivity index is 1.36. The van der Waals surface area contributed by atoms with Crippen molar-refractivity contribution in [3.05, 3.63) is 29.8 Å². The maximum absolute atomic E-state index is 12.6. The van der Waals surface area contributed by atoms with Crippen LogP contribution in [0.15, 0.2) is 24.3 Å². The van der Waals surface area contributed by atoms with E-state index in [-0.39, 0.29) is 23.8 Å². The van der Waals surface area contributed by atoms with Gasteiger partial charge in [0, 0.05) is 19.5 Å². The van der Waals surface area contributed by atoms with Crippen molar-refractivity contribution in [3.63, 3.8) is 0 Å². The fourth-order valence-electron chi connectivity index (χ4n) is 4.39. The Morgan fingerprint density at radius 2 is 2.04 bits per heavy atom. The molecule has 1 aliphatic carbocycles. The third kappa shape index (κ3) is 4.00. The number of hydrogen-bond acceptors (Lipinski definition) is 5. The molecule has 28 heavy (non-hydrogen) atoms. The van der Waals surface area contributed by atoms with E-state index < -0.39 is 5.60 Å². The van der Waals surface area contributed by atoms with Crippen LogP contribution in [0.4, 0.5) is 0 Å². The van der Waals surface area contributed by atoms with Gasteiger partial charge in [0.25, 0.3) is 5.91 Å². The summed E-state index contributed by atoms with van der Waals surface area (Å²) >= 11 is 0. The molecule has 0 radical (unpaired) electrons. The van der Waals surface area contributed by atoms with Crippen molar-refractivity contribution in [2.75, 3.05) is 40.0 Å². The van der Waals surface area contributed by atoms with Gasteiger partial charge >= 0.3 is 0 Å². The molecular formula is C21H28N2O5. The predicted octanol–water partition coefficient (Wildman–Crippen LogP) is 1.61. The van der Waals surface area contributed by atoms with E-state index in [0.717, 1.165) is 25.7 Å². The Bertz CT molecular complexity index is 723. The Kier molecular flexibility index (Phi) is 5.55. The number of nitrogens with zero attached hydrogens (tertiary/aromatic N) is 1. The normalized spacial score (nSPS) is 30.3. The molecule has 0 bridgehead atoms. The number of fused-ring (bicyclic) bond motifs is 1. The van der Waals surface area contributed by atoms with Crippen LogP contribution in [0.1, 0.15) is 36.0 Å². The van der Waals surface area contributed by atoms with E-state index in [9.17, 15) is 9.59 Å². The zero-order valence-corrected chi connectivity index (χ0v) is 16.3. The molecule has 2 fully saturated rings. The van der Waals surface area contributed by atoms with Crippen molar-refractivity contribution in [2.45, 2.75) is 37.4 Å². The summed E-state index contributed by atoms with van der Waals surface area (Å²) in [4.78, 5) is 27.0. The summed E-state index contributed by atoms with van der Waals surface area (Å²) in [5.41, 5.74) is 0.185. The monoisotopic (exact) mass is 388 g/mol. The van der Waals surface area contributed by atoms with Crippen molar-refractivity contribution < 1.29 is 23.8 Å². The quantitative estimate of drug-likeness (QED) is 0.851. The molecule has 152 valence electrons. The van der Waals surface area contributed by atoms with E-state index in [1.54, 1.807) is 4.90 Å². The lowest BCUT2D eigenvalue weighted by molar-refractivity contribution is -0.130. The van der Waals surface area contributed by atoms with Crippen LogP contribution in [-0.4, -0.2) is 68.4 Å². The van der Waals surface area contributed by atoms with E-state index in [1.807, 2.05) is 31.3 Å². The van der Waals surface area contributed by atoms with Crippen LogP contribution in [0.2, 0.25) is 0 Å². The molecule has 3 aliphatic rings. The summed E-state index contributed by atoms with van der Waals surface area (Å²) in [6.07, 6.45) is 2.94. The number of para-hydroxylation sites is 1. The number of benzene rings is 1. The van der Waals surface area contributed by atoms with E-state index in [0.29, 0.717) is 44.2 Å². The van der Waals surface area contributed by atoms with Crippen LogP contribution in [-0.2, 0) is 14.3 Å². The van der Waals surface area contributed by atoms with Crippen LogP contribution < -0.4 is 10.1 Å². The second-order valence-electron chi connectivity index (χ2n) is 8.03. The number of carbonyl (C=O) groups is 2. The summed E-state index contributed by atoms with van der Waals surface area (Å²) in [5.74, 6) is 0.678. The molecule has 7 nitrogen and oxygen atoms in total. The van der Waals surface area contributed by atoms with E-state index >= 15 is 0 Å². The van der Waals surface area contributed by atoms with E-state index in [4.69, 9.17) is 14.2 Å². The molecule has 1 atom stereocenters. The van der Waals surface area contributed by atoms with Gasteiger partial charge in [0.05, 0.1) is 38.0 Å². The summed E-state index contributed by atoms with van der Waals surface area (Å²) in [6.45, 7) is 2.76. The molecule has 2 heterocycles. The van der Waals surface area contributed by atoms with Crippen molar-refractivity contribution in [2.24, 2.45) is 5.92 Å². The molecule has 7 heteroatoms. The number of carbonyl (C=O) groups excluding carboxylic acids is 2. The minimum absolute atomic E-state index is 0.0120. The maximum atomic E-state index is 12.6. The first kappa shape index (κ1) is 19.2. The summed E-state index contributed by atoms with van der Waals surface area (Å²) in [7, 11) is 1.82. The van der Waals surface area contributed by atoms with Crippen LogP contribution >= 0.6 is 0 Å². The molecule has 2 amide bonds. The zero-order valence-electron chi connectivity index (χ0n) is 16.3. The van der Waals surface area contributed by atoms with Crippen LogP contribution in [0.25, 0.3) is 0 Å². The molecule has 4 rings (SSSR count). The van der Waals surface area contributed by atoms with Gasteiger partial charge < -0.3 is 24.4 Å². The molecule has 1 saturated carbocycles. The van der Waals surface area contributed by atoms with Gasteiger partial charge in [-0.2, -0.15) is 0 Å². The van der Waals surface area contributed by atoms with Crippen molar-refractivity contribution in [1.82, 2.24) is 10.2 Å². The average Bonchev–Trinajstić information content (AvgIpc) is 2.82. The van der Waals surface area contributed by atoms with Gasteiger partial charge in [-0.05, 0) is 37.8 Å². The highest BCUT2D eigenvalue weighted by molar-refractivity contribution is 5.97. The molecule has 1 saturated heterocycles. The smallest absolute Gasteiger partial charge is 0.257 e. The summed E-state index contributed by atoms with van der Waals surface area (Å²) < 4.78 is 17.3. The number of likely N-dealkylation sites (N-methyl/N-ethyl adjacent to an activating group) is 1. The molecular weight excluding hydrogens is 360 g/mol. The minimum Gasteiger partial charge on any atom is -0.485 e. The van der Waals surface area contributed by atoms with Crippen LogP contribution in [0.5, 0.6) is 5.75 Å². The number of hydrogen-bond donors (Lipinski definition) is 1. The Hall–Kier alpha value is -2.12. The first-order chi connectivity index (χ1) is 13.6. The molecule has 1 N–H and O–H groups in total. The highest BCUT2D eigenvalue weighted by Gasteiger charge is 2.43. The predicted molar refractivity (Wildman–Crippen MR) is 102 cm³/mol. The fraction of sp³-hybridized carbons (Fsp3) is 0.619. The highest BCUT2D eigenvalue weighted by Crippen LogP contribution is 2.39. The van der Waals surface area contributed by atoms with Gasteiger partial charge in [-0.1, -0.05) is 12.1 Å². The Labute approximate surface area is 165 Å². The zero-order chi connectivity index (χ0) is 19.6. The van der Waals surface area contributed by atoms with E-state index in [2.05, 4.69) is 5.32 Å². The highest BCUT2D eigenvalue weighted by atomic mass is 16.6. The maximum Gasteiger partial charge on any atom is 0.257 e. The average molecular weight is 388 g/mol. The van der Waals surface area contributed by atoms with Gasteiger partial charge in [0.15, 0.2) is 0 Å². The van der Waals surface area contributed by atoms with Crippen LogP contribution in [0, 0.1) is 5.92 Å². The molecule has 2 aliphatic heterocycles. The Morgan fingerprint density at radius 3 is 2.79 bits per heavy atom. The minimum atomic E-state index is -0.423. The van der Waals surface area contributed by atoms with E-state index in [1.165, 1.54) is 0 Å². The topological polar surface area (TPSA) is 77.1 Å². The van der Waals surface area contributed by atoms with Gasteiger partial charge in [0.1, 0.15) is 11.4 Å². The van der Waals surface area contributed by atoms with Gasteiger partial charge in [0.2, 0.25) is 5.91 Å². The first-order valence-electron chi connectivity index (χ1n) is 10.1. The van der Waals surface area contributed by atoms with Gasteiger partial charge in [-0.3, -0.25) is 9.59 Å². The van der Waals surface area contributed by atoms with Crippen LogP contribution in [0.3, 0.4) is 0 Å². The number of amides is 2. The molecule has 1 spiro atoms. The lowest BCUT2D eigenvalue weighted by Gasteiger charge is -2.40. The SMILES string of the molecule is CN1CC2(CCC(C(=O)NCC3COCCO3)CC2)Oc2ccccc2C1=O. The van der Waals surface area contributed by atoms with Gasteiger partial charge in [-0.15, -0.1) is 0 Å². The third-order valence-corrected chi connectivity index (χ3v) is 5.97. The molecule has 1 aromatic carbocycles. The second kappa shape index (κ2) is 8.09. The summed E-state index contributed by atoms with van der Waals surface area (Å²) in [6, 6.07) is 7.41. The number of ether oxygens (including phenoxy) is 3. The van der Waals surface area contributed by atoms with Crippen molar-refractivity contribution >= 4 is 11.8 Å². The molecule has 1 unspecified atom stereocenters. The third-order valence-electron chi connectivity index (χ3n) is 5.97. The number of rotatable bonds is 3. The standard InChI is InChI=1S/C21H28N2O5/c1-23-14-21(28-18-5-3-2-4-17(18)20(23)25)8-6-15(7-9-21)19(24)22-12-16-13-26-10-11-27-16/h2-5,15-16H,6-14H2,1H3,(H,22,24). The Morgan fingerprint density at radius 1 is 1.25 bits per heavy atom. The van der Waals surface area contributed by atoms with Crippen molar-refractivity contribution in [1.29, 1.82) is 0 Å².